The molecule has 0 saturated heterocycles. The van der Waals surface area contributed by atoms with Gasteiger partial charge in [0.05, 0.1) is 0 Å². The molecule has 0 bridgehead atoms. The van der Waals surface area contributed by atoms with Gasteiger partial charge < -0.3 is 10.3 Å². The van der Waals surface area contributed by atoms with Gasteiger partial charge >= 0.3 is 0 Å². The van der Waals surface area contributed by atoms with Crippen molar-refractivity contribution < 1.29 is 0 Å². The fourth-order valence-corrected chi connectivity index (χ4v) is 3.22. The summed E-state index contributed by atoms with van der Waals surface area (Å²) in [4.78, 5) is 3.33. The van der Waals surface area contributed by atoms with Gasteiger partial charge in [0.25, 0.3) is 0 Å². The van der Waals surface area contributed by atoms with Gasteiger partial charge in [0, 0.05) is 18.3 Å². The van der Waals surface area contributed by atoms with Crippen molar-refractivity contribution in [3.8, 4) is 0 Å². The van der Waals surface area contributed by atoms with E-state index in [-0.39, 0.29) is 0 Å². The van der Waals surface area contributed by atoms with E-state index in [0.29, 0.717) is 0 Å². The predicted octanol–water partition coefficient (Wildman–Crippen LogP) is 3.69. The molecule has 18 heavy (non-hydrogen) atoms. The van der Waals surface area contributed by atoms with Crippen molar-refractivity contribution >= 4 is 10.9 Å². The molecule has 2 nitrogen and oxygen atoms in total. The number of H-pyrrole nitrogens is 1. The lowest BCUT2D eigenvalue weighted by Crippen LogP contribution is -2.21. The number of hydrogen-bond donors (Lipinski definition) is 2. The van der Waals surface area contributed by atoms with Gasteiger partial charge in [0.2, 0.25) is 0 Å². The van der Waals surface area contributed by atoms with Gasteiger partial charge in [-0.15, -0.1) is 0 Å². The van der Waals surface area contributed by atoms with E-state index >= 15 is 0 Å². The second-order valence-corrected chi connectivity index (χ2v) is 5.77. The first-order valence-electron chi connectivity index (χ1n) is 7.08. The first kappa shape index (κ1) is 11.8. The zero-order valence-electron chi connectivity index (χ0n) is 11.1. The second-order valence-electron chi connectivity index (χ2n) is 5.77. The van der Waals surface area contributed by atoms with Crippen molar-refractivity contribution in [2.75, 3.05) is 6.54 Å². The summed E-state index contributed by atoms with van der Waals surface area (Å²) in [6.07, 6.45) is 6.24. The van der Waals surface area contributed by atoms with Gasteiger partial charge in [0.15, 0.2) is 0 Å². The molecule has 1 aromatic heterocycles. The third kappa shape index (κ3) is 2.44. The Bertz CT molecular complexity index is 515. The topological polar surface area (TPSA) is 27.8 Å². The van der Waals surface area contributed by atoms with Crippen molar-refractivity contribution in [1.82, 2.24) is 10.3 Å². The van der Waals surface area contributed by atoms with E-state index in [4.69, 9.17) is 0 Å². The number of fused-ring (bicyclic) bond motifs is 1. The Hall–Kier alpha value is -1.28. The zero-order chi connectivity index (χ0) is 12.4. The molecular weight excluding hydrogens is 220 g/mol. The molecule has 1 fully saturated rings. The van der Waals surface area contributed by atoms with Gasteiger partial charge in [0.1, 0.15) is 0 Å². The van der Waals surface area contributed by atoms with Crippen LogP contribution in [0.2, 0.25) is 0 Å². The minimum atomic E-state index is 0.892. The Morgan fingerprint density at radius 3 is 3.06 bits per heavy atom. The summed E-state index contributed by atoms with van der Waals surface area (Å²) in [5.41, 5.74) is 2.66. The highest BCUT2D eigenvalue weighted by Gasteiger charge is 2.20. The van der Waals surface area contributed by atoms with E-state index in [0.717, 1.165) is 18.4 Å². The molecule has 2 N–H and O–H groups in total. The molecule has 3 rings (SSSR count). The van der Waals surface area contributed by atoms with Crippen molar-refractivity contribution in [3.05, 3.63) is 36.0 Å². The molecule has 1 aliphatic carbocycles. The van der Waals surface area contributed by atoms with Gasteiger partial charge in [-0.3, -0.25) is 0 Å². The first-order chi connectivity index (χ1) is 8.83. The molecule has 2 heteroatoms. The predicted molar refractivity (Wildman–Crippen MR) is 76.5 cm³/mol. The van der Waals surface area contributed by atoms with Crippen LogP contribution in [0.5, 0.6) is 0 Å². The molecule has 1 saturated carbocycles. The Labute approximate surface area is 109 Å². The van der Waals surface area contributed by atoms with Crippen molar-refractivity contribution in [2.24, 2.45) is 11.8 Å². The van der Waals surface area contributed by atoms with E-state index in [1.165, 1.54) is 42.3 Å². The molecule has 1 heterocycles. The molecule has 0 radical (unpaired) electrons. The lowest BCUT2D eigenvalue weighted by atomic mass is 10.1. The SMILES string of the molecule is CC1CCC(CNCc2cccc3cc[nH]c23)C1. The maximum atomic E-state index is 3.63. The Kier molecular flexibility index (Phi) is 3.37. The quantitative estimate of drug-likeness (QED) is 0.840. The standard InChI is InChI=1S/C16H22N2/c1-12-5-6-13(9-12)10-17-11-15-4-2-3-14-7-8-18-16(14)15/h2-4,7-8,12-13,17-18H,5-6,9-11H2,1H3. The molecule has 96 valence electrons. The number of para-hydroxylation sites is 1. The van der Waals surface area contributed by atoms with Crippen LogP contribution in [0.4, 0.5) is 0 Å². The molecule has 0 spiro atoms. The van der Waals surface area contributed by atoms with E-state index in [2.05, 4.69) is 41.5 Å². The normalized spacial score (nSPS) is 23.8. The van der Waals surface area contributed by atoms with Crippen LogP contribution in [0.3, 0.4) is 0 Å². The third-order valence-electron chi connectivity index (χ3n) is 4.23. The van der Waals surface area contributed by atoms with Crippen molar-refractivity contribution in [1.29, 1.82) is 0 Å². The Morgan fingerprint density at radius 1 is 1.28 bits per heavy atom. The van der Waals surface area contributed by atoms with Crippen LogP contribution in [0.25, 0.3) is 10.9 Å². The summed E-state index contributed by atoms with van der Waals surface area (Å²) in [6.45, 7) is 4.52. The summed E-state index contributed by atoms with van der Waals surface area (Å²) >= 11 is 0. The lowest BCUT2D eigenvalue weighted by molar-refractivity contribution is 0.471. The molecule has 1 aliphatic rings. The Balaban J connectivity index is 1.58. The molecule has 0 aliphatic heterocycles. The first-order valence-corrected chi connectivity index (χ1v) is 7.08. The molecule has 2 aromatic rings. The maximum absolute atomic E-state index is 3.63. The zero-order valence-corrected chi connectivity index (χ0v) is 11.1. The molecule has 1 aromatic carbocycles. The van der Waals surface area contributed by atoms with E-state index in [1.54, 1.807) is 0 Å². The third-order valence-corrected chi connectivity index (χ3v) is 4.23. The largest absolute Gasteiger partial charge is 0.361 e. The fraction of sp³-hybridized carbons (Fsp3) is 0.500. The summed E-state index contributed by atoms with van der Waals surface area (Å²) in [5.74, 6) is 1.83. The van der Waals surface area contributed by atoms with Crippen LogP contribution < -0.4 is 5.32 Å². The summed E-state index contributed by atoms with van der Waals surface area (Å²) < 4.78 is 0. The summed E-state index contributed by atoms with van der Waals surface area (Å²) in [5, 5.41) is 4.94. The molecule has 0 amide bonds. The van der Waals surface area contributed by atoms with Gasteiger partial charge in [-0.2, -0.15) is 0 Å². The van der Waals surface area contributed by atoms with Gasteiger partial charge in [-0.1, -0.05) is 31.5 Å². The molecular formula is C16H22N2. The van der Waals surface area contributed by atoms with Crippen LogP contribution in [0.1, 0.15) is 31.7 Å². The number of rotatable bonds is 4. The van der Waals surface area contributed by atoms with E-state index < -0.39 is 0 Å². The number of aromatic amines is 1. The van der Waals surface area contributed by atoms with Crippen molar-refractivity contribution in [2.45, 2.75) is 32.7 Å². The van der Waals surface area contributed by atoms with Gasteiger partial charge in [-0.05, 0) is 48.2 Å². The smallest absolute Gasteiger partial charge is 0.0499 e. The molecule has 2 atom stereocenters. The van der Waals surface area contributed by atoms with E-state index in [9.17, 15) is 0 Å². The number of aromatic nitrogens is 1. The van der Waals surface area contributed by atoms with Crippen LogP contribution in [-0.4, -0.2) is 11.5 Å². The van der Waals surface area contributed by atoms with Crippen LogP contribution in [-0.2, 0) is 6.54 Å². The summed E-state index contributed by atoms with van der Waals surface area (Å²) in [7, 11) is 0. The summed E-state index contributed by atoms with van der Waals surface area (Å²) in [6, 6.07) is 8.65. The highest BCUT2D eigenvalue weighted by molar-refractivity contribution is 5.82. The number of nitrogens with one attached hydrogen (secondary N) is 2. The van der Waals surface area contributed by atoms with E-state index in [1.807, 2.05) is 6.20 Å². The van der Waals surface area contributed by atoms with Crippen LogP contribution >= 0.6 is 0 Å². The Morgan fingerprint density at radius 2 is 2.22 bits per heavy atom. The minimum absolute atomic E-state index is 0.892. The number of benzene rings is 1. The maximum Gasteiger partial charge on any atom is 0.0499 e. The van der Waals surface area contributed by atoms with Crippen molar-refractivity contribution in [3.63, 3.8) is 0 Å². The van der Waals surface area contributed by atoms with Crippen LogP contribution in [0, 0.1) is 11.8 Å². The molecule has 2 unspecified atom stereocenters. The van der Waals surface area contributed by atoms with Gasteiger partial charge in [-0.25, -0.2) is 0 Å². The number of hydrogen-bond acceptors (Lipinski definition) is 1. The minimum Gasteiger partial charge on any atom is -0.361 e. The monoisotopic (exact) mass is 242 g/mol. The van der Waals surface area contributed by atoms with Crippen LogP contribution in [0.15, 0.2) is 30.5 Å². The second kappa shape index (κ2) is 5.15. The average molecular weight is 242 g/mol. The lowest BCUT2D eigenvalue weighted by Gasteiger charge is -2.11. The highest BCUT2D eigenvalue weighted by atomic mass is 14.9. The average Bonchev–Trinajstić information content (AvgIpc) is 2.98. The fourth-order valence-electron chi connectivity index (χ4n) is 3.22. The highest BCUT2D eigenvalue weighted by Crippen LogP contribution is 2.29.